The van der Waals surface area contributed by atoms with E-state index in [1.54, 1.807) is 7.11 Å². The zero-order valence-corrected chi connectivity index (χ0v) is 14.0. The second-order valence-electron chi connectivity index (χ2n) is 7.00. The van der Waals surface area contributed by atoms with Crippen LogP contribution in [0.15, 0.2) is 23.8 Å². The van der Waals surface area contributed by atoms with E-state index in [9.17, 15) is 4.79 Å². The number of hydrogen-bond donors (Lipinski definition) is 0. The van der Waals surface area contributed by atoms with Crippen LogP contribution in [0.1, 0.15) is 57.8 Å². The molecule has 3 nitrogen and oxygen atoms in total. The van der Waals surface area contributed by atoms with Crippen LogP contribution in [-0.2, 0) is 14.3 Å². The summed E-state index contributed by atoms with van der Waals surface area (Å²) in [6, 6.07) is 0. The summed E-state index contributed by atoms with van der Waals surface area (Å²) in [6.45, 7) is 0. The number of terminal acetylenes is 1. The summed E-state index contributed by atoms with van der Waals surface area (Å²) in [7, 11) is 1.70. The molecule has 23 heavy (non-hydrogen) atoms. The highest BCUT2D eigenvalue weighted by atomic mass is 16.7. The van der Waals surface area contributed by atoms with Gasteiger partial charge in [0.25, 0.3) is 0 Å². The molecular formula is C20H26O3. The monoisotopic (exact) mass is 314 g/mol. The molecule has 3 aliphatic carbocycles. The van der Waals surface area contributed by atoms with Crippen LogP contribution in [0.4, 0.5) is 0 Å². The number of rotatable bonds is 4. The second-order valence-corrected chi connectivity index (χ2v) is 7.00. The van der Waals surface area contributed by atoms with E-state index in [4.69, 9.17) is 15.9 Å². The summed E-state index contributed by atoms with van der Waals surface area (Å²) >= 11 is 0. The third kappa shape index (κ3) is 3.29. The Morgan fingerprint density at radius 1 is 1.26 bits per heavy atom. The van der Waals surface area contributed by atoms with Gasteiger partial charge in [0.15, 0.2) is 5.79 Å². The van der Waals surface area contributed by atoms with Crippen molar-refractivity contribution in [2.45, 2.75) is 69.7 Å². The normalized spacial score (nSPS) is 31.0. The van der Waals surface area contributed by atoms with E-state index in [-0.39, 0.29) is 5.41 Å². The molecule has 2 saturated carbocycles. The van der Waals surface area contributed by atoms with Crippen LogP contribution in [-0.4, -0.2) is 24.8 Å². The number of allylic oxidation sites excluding steroid dienone is 2. The summed E-state index contributed by atoms with van der Waals surface area (Å²) in [5, 5.41) is 0. The van der Waals surface area contributed by atoms with Crippen LogP contribution in [0.5, 0.6) is 0 Å². The lowest BCUT2D eigenvalue weighted by molar-refractivity contribution is -0.211. The van der Waals surface area contributed by atoms with Crippen molar-refractivity contribution in [3.63, 3.8) is 0 Å². The fourth-order valence-electron chi connectivity index (χ4n) is 4.01. The number of ketones is 1. The van der Waals surface area contributed by atoms with Gasteiger partial charge in [-0.15, -0.1) is 6.42 Å². The van der Waals surface area contributed by atoms with Gasteiger partial charge in [-0.1, -0.05) is 30.9 Å². The summed E-state index contributed by atoms with van der Waals surface area (Å²) in [6.07, 6.45) is 20.5. The standard InChI is InChI=1S/C20H26O3/c1-3-19(12-10-17(21)11-13-19)16-8-14-20(22-2,15-9-16)23-18-6-4-5-7-18/h1,8-9,14,18H,4-7,10-13,15H2,2H3. The van der Waals surface area contributed by atoms with Gasteiger partial charge in [-0.3, -0.25) is 4.79 Å². The van der Waals surface area contributed by atoms with Crippen LogP contribution >= 0.6 is 0 Å². The van der Waals surface area contributed by atoms with Crippen molar-refractivity contribution in [1.29, 1.82) is 0 Å². The summed E-state index contributed by atoms with van der Waals surface area (Å²) < 4.78 is 11.9. The third-order valence-corrected chi connectivity index (χ3v) is 5.63. The Labute approximate surface area is 139 Å². The molecule has 124 valence electrons. The molecule has 0 heterocycles. The van der Waals surface area contributed by atoms with Crippen molar-refractivity contribution < 1.29 is 14.3 Å². The Hall–Kier alpha value is -1.37. The van der Waals surface area contributed by atoms with E-state index in [0.29, 0.717) is 31.1 Å². The second kappa shape index (κ2) is 6.63. The fourth-order valence-corrected chi connectivity index (χ4v) is 4.01. The molecule has 3 rings (SSSR count). The van der Waals surface area contributed by atoms with Gasteiger partial charge in [0.1, 0.15) is 5.78 Å². The van der Waals surface area contributed by atoms with Crippen molar-refractivity contribution in [2.24, 2.45) is 5.41 Å². The number of Topliss-reactive ketones (excluding diaryl/α,β-unsaturated/α-hetero) is 1. The maximum Gasteiger partial charge on any atom is 0.191 e. The lowest BCUT2D eigenvalue weighted by Gasteiger charge is -2.38. The first-order valence-electron chi connectivity index (χ1n) is 8.74. The van der Waals surface area contributed by atoms with Crippen LogP contribution in [0, 0.1) is 17.8 Å². The predicted octanol–water partition coefficient (Wildman–Crippen LogP) is 3.94. The minimum Gasteiger partial charge on any atom is -0.349 e. The van der Waals surface area contributed by atoms with Gasteiger partial charge in [0.05, 0.1) is 11.5 Å². The molecule has 0 aromatic rings. The smallest absolute Gasteiger partial charge is 0.191 e. The lowest BCUT2D eigenvalue weighted by atomic mass is 9.68. The number of hydrogen-bond acceptors (Lipinski definition) is 3. The highest BCUT2D eigenvalue weighted by Crippen LogP contribution is 2.44. The molecule has 3 aliphatic rings. The lowest BCUT2D eigenvalue weighted by Crippen LogP contribution is -2.38. The first kappa shape index (κ1) is 16.5. The molecule has 3 heteroatoms. The highest BCUT2D eigenvalue weighted by molar-refractivity contribution is 5.79. The first-order valence-corrected chi connectivity index (χ1v) is 8.74. The molecule has 1 atom stereocenters. The van der Waals surface area contributed by atoms with E-state index >= 15 is 0 Å². The van der Waals surface area contributed by atoms with Gasteiger partial charge in [0.2, 0.25) is 0 Å². The molecule has 0 spiro atoms. The maximum atomic E-state index is 11.5. The van der Waals surface area contributed by atoms with Crippen LogP contribution in [0.3, 0.4) is 0 Å². The van der Waals surface area contributed by atoms with Gasteiger partial charge < -0.3 is 9.47 Å². The van der Waals surface area contributed by atoms with E-state index < -0.39 is 5.79 Å². The Morgan fingerprint density at radius 2 is 1.96 bits per heavy atom. The fraction of sp³-hybridized carbons (Fsp3) is 0.650. The quantitative estimate of drug-likeness (QED) is 0.582. The van der Waals surface area contributed by atoms with E-state index in [0.717, 1.165) is 31.3 Å². The number of carbonyl (C=O) groups excluding carboxylic acids is 1. The first-order chi connectivity index (χ1) is 11.1. The Kier molecular flexibility index (Phi) is 4.75. The SMILES string of the molecule is C#CC1(C2=CCC(OC)(OC3CCCC3)C=C2)CCC(=O)CC1. The van der Waals surface area contributed by atoms with E-state index in [2.05, 4.69) is 18.1 Å². The maximum absolute atomic E-state index is 11.5. The number of ether oxygens (including phenoxy) is 2. The van der Waals surface area contributed by atoms with Crippen LogP contribution in [0.2, 0.25) is 0 Å². The molecule has 0 saturated heterocycles. The molecule has 0 amide bonds. The molecule has 2 fully saturated rings. The van der Waals surface area contributed by atoms with Crippen molar-refractivity contribution in [1.82, 2.24) is 0 Å². The summed E-state index contributed by atoms with van der Waals surface area (Å²) in [4.78, 5) is 11.5. The Morgan fingerprint density at radius 3 is 2.48 bits per heavy atom. The topological polar surface area (TPSA) is 35.5 Å². The molecule has 0 bridgehead atoms. The highest BCUT2D eigenvalue weighted by Gasteiger charge is 2.39. The molecule has 0 aliphatic heterocycles. The molecule has 0 radical (unpaired) electrons. The predicted molar refractivity (Wildman–Crippen MR) is 89.7 cm³/mol. The van der Waals surface area contributed by atoms with Gasteiger partial charge in [-0.25, -0.2) is 0 Å². The van der Waals surface area contributed by atoms with E-state index in [1.165, 1.54) is 12.8 Å². The van der Waals surface area contributed by atoms with Gasteiger partial charge in [-0.05, 0) is 37.3 Å². The summed E-state index contributed by atoms with van der Waals surface area (Å²) in [5.41, 5.74) is 0.854. The molecular weight excluding hydrogens is 288 g/mol. The molecule has 0 aromatic heterocycles. The van der Waals surface area contributed by atoms with Gasteiger partial charge in [-0.2, -0.15) is 0 Å². The average Bonchev–Trinajstić information content (AvgIpc) is 3.09. The number of carbonyl (C=O) groups is 1. The zero-order chi connectivity index (χ0) is 16.3. The van der Waals surface area contributed by atoms with Gasteiger partial charge >= 0.3 is 0 Å². The zero-order valence-electron chi connectivity index (χ0n) is 14.0. The summed E-state index contributed by atoms with van der Waals surface area (Å²) in [5.74, 6) is 2.64. The number of methoxy groups -OCH3 is 1. The van der Waals surface area contributed by atoms with Crippen molar-refractivity contribution in [3.8, 4) is 12.3 Å². The molecule has 0 N–H and O–H groups in total. The van der Waals surface area contributed by atoms with Crippen molar-refractivity contribution in [3.05, 3.63) is 23.8 Å². The Bertz CT molecular complexity index is 550. The van der Waals surface area contributed by atoms with Crippen molar-refractivity contribution >= 4 is 5.78 Å². The van der Waals surface area contributed by atoms with Crippen LogP contribution < -0.4 is 0 Å². The Balaban J connectivity index is 1.73. The minimum absolute atomic E-state index is 0.294. The van der Waals surface area contributed by atoms with Crippen molar-refractivity contribution in [2.75, 3.05) is 7.11 Å². The van der Waals surface area contributed by atoms with Crippen LogP contribution in [0.25, 0.3) is 0 Å². The average molecular weight is 314 g/mol. The molecule has 0 aromatic carbocycles. The largest absolute Gasteiger partial charge is 0.349 e. The third-order valence-electron chi connectivity index (χ3n) is 5.63. The minimum atomic E-state index is -0.654. The molecule has 1 unspecified atom stereocenters. The van der Waals surface area contributed by atoms with Gasteiger partial charge in [0, 0.05) is 26.4 Å². The van der Waals surface area contributed by atoms with E-state index in [1.807, 2.05) is 6.08 Å².